The van der Waals surface area contributed by atoms with Crippen molar-refractivity contribution >= 4 is 39.6 Å². The van der Waals surface area contributed by atoms with E-state index in [9.17, 15) is 4.79 Å². The molecule has 0 spiro atoms. The molecule has 2 aliphatic heterocycles. The van der Waals surface area contributed by atoms with Gasteiger partial charge >= 0.3 is 0 Å². The molecule has 0 radical (unpaired) electrons. The third-order valence-corrected chi connectivity index (χ3v) is 8.04. The molecule has 2 fully saturated rings. The van der Waals surface area contributed by atoms with E-state index in [1.807, 2.05) is 47.0 Å². The molecular formula is C27H34ClN7O. The van der Waals surface area contributed by atoms with Crippen molar-refractivity contribution in [2.24, 2.45) is 5.73 Å². The van der Waals surface area contributed by atoms with Gasteiger partial charge < -0.3 is 21.3 Å². The Morgan fingerprint density at radius 3 is 2.53 bits per heavy atom. The van der Waals surface area contributed by atoms with Gasteiger partial charge in [-0.05, 0) is 62.4 Å². The zero-order chi connectivity index (χ0) is 24.8. The van der Waals surface area contributed by atoms with Crippen LogP contribution in [0.15, 0.2) is 53.3 Å². The molecule has 6 rings (SSSR count). The van der Waals surface area contributed by atoms with Crippen LogP contribution in [0.5, 0.6) is 0 Å². The van der Waals surface area contributed by atoms with E-state index >= 15 is 0 Å². The molecule has 36 heavy (non-hydrogen) atoms. The lowest BCUT2D eigenvalue weighted by Gasteiger charge is -2.43. The summed E-state index contributed by atoms with van der Waals surface area (Å²) in [5.41, 5.74) is 10.0. The van der Waals surface area contributed by atoms with Gasteiger partial charge in [0.05, 0.1) is 16.9 Å². The predicted octanol–water partition coefficient (Wildman–Crippen LogP) is 3.89. The molecule has 8 nitrogen and oxygen atoms in total. The second kappa shape index (κ2) is 9.59. The molecule has 9 heteroatoms. The predicted molar refractivity (Wildman–Crippen MR) is 148 cm³/mol. The number of fused-ring (bicyclic) bond motifs is 2. The third kappa shape index (κ3) is 4.32. The molecule has 4 N–H and O–H groups in total. The maximum atomic E-state index is 13.4. The summed E-state index contributed by atoms with van der Waals surface area (Å²) < 4.78 is 1.87. The Morgan fingerprint density at radius 2 is 1.75 bits per heavy atom. The number of para-hydroxylation sites is 1. The number of halogens is 1. The summed E-state index contributed by atoms with van der Waals surface area (Å²) in [6, 6.07) is 16.2. The number of hydrogen-bond donors (Lipinski definition) is 3. The van der Waals surface area contributed by atoms with Gasteiger partial charge in [-0.25, -0.2) is 5.01 Å². The van der Waals surface area contributed by atoms with Crippen LogP contribution in [-0.4, -0.2) is 59.8 Å². The number of aromatic nitrogens is 1. The Balaban J connectivity index is 1.46. The first-order chi connectivity index (χ1) is 17.5. The number of likely N-dealkylation sites (N-methyl/N-ethyl adjacent to an activating group) is 1. The first-order valence-electron chi connectivity index (χ1n) is 12.9. The Bertz CT molecular complexity index is 1310. The van der Waals surface area contributed by atoms with Gasteiger partial charge in [-0.1, -0.05) is 29.8 Å². The molecular weight excluding hydrogens is 474 g/mol. The van der Waals surface area contributed by atoms with Gasteiger partial charge in [-0.15, -0.1) is 0 Å². The minimum atomic E-state index is -0.402. The number of pyridine rings is 1. The lowest BCUT2D eigenvalue weighted by Crippen LogP contribution is -2.55. The summed E-state index contributed by atoms with van der Waals surface area (Å²) in [7, 11) is 2.15. The van der Waals surface area contributed by atoms with Gasteiger partial charge in [0.15, 0.2) is 6.29 Å². The molecule has 3 heterocycles. The van der Waals surface area contributed by atoms with Crippen molar-refractivity contribution in [2.45, 2.75) is 44.1 Å². The molecule has 1 aliphatic carbocycles. The van der Waals surface area contributed by atoms with Crippen LogP contribution in [0.25, 0.3) is 10.9 Å². The number of hydrazine groups is 1. The fraction of sp³-hybridized carbons (Fsp3) is 0.444. The smallest absolute Gasteiger partial charge is 0.254 e. The average molecular weight is 508 g/mol. The van der Waals surface area contributed by atoms with Crippen molar-refractivity contribution in [2.75, 3.05) is 48.9 Å². The summed E-state index contributed by atoms with van der Waals surface area (Å²) in [6.07, 6.45) is 3.72. The lowest BCUT2D eigenvalue weighted by molar-refractivity contribution is 0.126. The molecule has 1 saturated heterocycles. The van der Waals surface area contributed by atoms with E-state index in [1.54, 1.807) is 6.07 Å². The molecule has 0 amide bonds. The van der Waals surface area contributed by atoms with Crippen molar-refractivity contribution < 1.29 is 0 Å². The summed E-state index contributed by atoms with van der Waals surface area (Å²) in [4.78, 5) is 15.7. The highest BCUT2D eigenvalue weighted by atomic mass is 35.5. The summed E-state index contributed by atoms with van der Waals surface area (Å²) in [5.74, 6) is 0. The van der Waals surface area contributed by atoms with E-state index in [2.05, 4.69) is 32.6 Å². The van der Waals surface area contributed by atoms with Crippen LogP contribution in [0.1, 0.15) is 32.0 Å². The zero-order valence-corrected chi connectivity index (χ0v) is 21.4. The van der Waals surface area contributed by atoms with Gasteiger partial charge in [0.1, 0.15) is 5.69 Å². The van der Waals surface area contributed by atoms with Crippen LogP contribution in [0.4, 0.5) is 17.1 Å². The van der Waals surface area contributed by atoms with E-state index in [1.165, 1.54) is 0 Å². The van der Waals surface area contributed by atoms with Gasteiger partial charge in [-0.3, -0.25) is 14.4 Å². The fourth-order valence-electron chi connectivity index (χ4n) is 5.81. The molecule has 190 valence electrons. The van der Waals surface area contributed by atoms with Gasteiger partial charge in [0, 0.05) is 49.4 Å². The monoisotopic (exact) mass is 507 g/mol. The minimum absolute atomic E-state index is 0.0417. The highest BCUT2D eigenvalue weighted by Crippen LogP contribution is 2.47. The molecule has 2 aromatic carbocycles. The van der Waals surface area contributed by atoms with Crippen molar-refractivity contribution in [1.29, 1.82) is 0 Å². The maximum Gasteiger partial charge on any atom is 0.254 e. The minimum Gasteiger partial charge on any atom is -0.380 e. The van der Waals surface area contributed by atoms with Crippen molar-refractivity contribution in [3.05, 3.63) is 63.9 Å². The first-order valence-corrected chi connectivity index (χ1v) is 13.3. The number of nitrogens with two attached hydrogens (primary N) is 1. The quantitative estimate of drug-likeness (QED) is 0.494. The van der Waals surface area contributed by atoms with Crippen LogP contribution < -0.4 is 26.9 Å². The van der Waals surface area contributed by atoms with E-state index in [0.29, 0.717) is 17.1 Å². The first kappa shape index (κ1) is 23.6. The van der Waals surface area contributed by atoms with Crippen molar-refractivity contribution in [3.8, 4) is 0 Å². The SMILES string of the molecule is CN1CCN(N2c3c(NC4CCC(N)CC4)cc(Cl)cc3NC2n2c(=O)ccc3ccccc32)CC1. The number of nitrogens with zero attached hydrogens (tertiary/aromatic N) is 4. The Labute approximate surface area is 216 Å². The van der Waals surface area contributed by atoms with Crippen LogP contribution in [-0.2, 0) is 0 Å². The number of nitrogens with one attached hydrogen (secondary N) is 2. The molecule has 1 saturated carbocycles. The summed E-state index contributed by atoms with van der Waals surface area (Å²) >= 11 is 6.63. The van der Waals surface area contributed by atoms with E-state index in [4.69, 9.17) is 17.3 Å². The molecule has 3 aliphatic rings. The molecule has 0 bridgehead atoms. The maximum absolute atomic E-state index is 13.4. The number of rotatable bonds is 4. The molecule has 1 aromatic heterocycles. The number of benzene rings is 2. The standard InChI is InChI=1S/C27H34ClN7O/c1-32-12-14-33(15-13-32)35-26-22(30-21-9-7-20(29)8-10-21)16-19(28)17-23(26)31-27(35)34-24-5-3-2-4-18(24)6-11-25(34)36/h2-6,11,16-17,20-21,27,30-31H,7-10,12-15,29H2,1H3. The van der Waals surface area contributed by atoms with E-state index in [0.717, 1.165) is 79.8 Å². The van der Waals surface area contributed by atoms with Gasteiger partial charge in [0.25, 0.3) is 5.56 Å². The van der Waals surface area contributed by atoms with Crippen LogP contribution in [0.2, 0.25) is 5.02 Å². The normalized spacial score (nSPS) is 25.1. The molecule has 3 aromatic rings. The van der Waals surface area contributed by atoms with Crippen LogP contribution in [0, 0.1) is 0 Å². The van der Waals surface area contributed by atoms with Crippen molar-refractivity contribution in [1.82, 2.24) is 14.5 Å². The Morgan fingerprint density at radius 1 is 1.00 bits per heavy atom. The number of piperazine rings is 1. The number of hydrogen-bond acceptors (Lipinski definition) is 7. The van der Waals surface area contributed by atoms with E-state index < -0.39 is 6.29 Å². The average Bonchev–Trinajstić information content (AvgIpc) is 3.24. The Kier molecular flexibility index (Phi) is 6.29. The zero-order valence-electron chi connectivity index (χ0n) is 20.7. The van der Waals surface area contributed by atoms with Crippen molar-refractivity contribution in [3.63, 3.8) is 0 Å². The number of anilines is 3. The molecule has 1 unspecified atom stereocenters. The Hall–Kier alpha value is -2.78. The lowest BCUT2D eigenvalue weighted by atomic mass is 9.91. The largest absolute Gasteiger partial charge is 0.380 e. The second-order valence-electron chi connectivity index (χ2n) is 10.3. The second-order valence-corrected chi connectivity index (χ2v) is 10.8. The highest BCUT2D eigenvalue weighted by molar-refractivity contribution is 6.31. The van der Waals surface area contributed by atoms with Crippen LogP contribution >= 0.6 is 11.6 Å². The van der Waals surface area contributed by atoms with Gasteiger partial charge in [0.2, 0.25) is 0 Å². The third-order valence-electron chi connectivity index (χ3n) is 7.82. The van der Waals surface area contributed by atoms with Gasteiger partial charge in [-0.2, -0.15) is 0 Å². The van der Waals surface area contributed by atoms with Crippen LogP contribution in [0.3, 0.4) is 0 Å². The summed E-state index contributed by atoms with van der Waals surface area (Å²) in [5, 5.41) is 13.8. The molecule has 1 atom stereocenters. The van der Waals surface area contributed by atoms with E-state index in [-0.39, 0.29) is 5.56 Å². The fourth-order valence-corrected chi connectivity index (χ4v) is 6.03. The topological polar surface area (TPSA) is 81.8 Å². The summed E-state index contributed by atoms with van der Waals surface area (Å²) in [6.45, 7) is 3.65. The highest BCUT2D eigenvalue weighted by Gasteiger charge is 2.39.